The smallest absolute Gasteiger partial charge is 0.0411 e. The lowest BCUT2D eigenvalue weighted by Crippen LogP contribution is -1.99. The van der Waals surface area contributed by atoms with E-state index in [-0.39, 0.29) is 0 Å². The summed E-state index contributed by atoms with van der Waals surface area (Å²) in [4.78, 5) is 2.80. The minimum atomic E-state index is 0.913. The van der Waals surface area contributed by atoms with Crippen LogP contribution in [0.2, 0.25) is 0 Å². The first-order valence-electron chi connectivity index (χ1n) is 5.20. The molecule has 1 aromatic carbocycles. The summed E-state index contributed by atoms with van der Waals surface area (Å²) >= 11 is 4.18. The second-order valence-corrected chi connectivity index (χ2v) is 6.51. The first-order chi connectivity index (χ1) is 7.65. The van der Waals surface area contributed by atoms with Gasteiger partial charge in [-0.3, -0.25) is 0 Å². The van der Waals surface area contributed by atoms with Gasteiger partial charge in [-0.25, -0.2) is 0 Å². The topological polar surface area (TPSA) is 12.0 Å². The third-order valence-corrected chi connectivity index (χ3v) is 4.20. The Morgan fingerprint density at radius 3 is 2.44 bits per heavy atom. The molecule has 2 rings (SSSR count). The summed E-state index contributed by atoms with van der Waals surface area (Å²) in [6.45, 7) is 5.26. The Kier molecular flexibility index (Phi) is 3.86. The van der Waals surface area contributed by atoms with Crippen LogP contribution in [-0.2, 0) is 6.54 Å². The van der Waals surface area contributed by atoms with E-state index in [0.29, 0.717) is 0 Å². The Morgan fingerprint density at radius 1 is 1.19 bits per heavy atom. The van der Waals surface area contributed by atoms with Crippen LogP contribution in [0.4, 0.5) is 5.69 Å². The molecule has 0 fully saturated rings. The van der Waals surface area contributed by atoms with Crippen LogP contribution in [0.5, 0.6) is 0 Å². The van der Waals surface area contributed by atoms with Gasteiger partial charge in [0.15, 0.2) is 0 Å². The fourth-order valence-corrected chi connectivity index (χ4v) is 2.93. The molecule has 1 N–H and O–H groups in total. The Labute approximate surface area is 114 Å². The molecule has 16 heavy (non-hydrogen) atoms. The van der Waals surface area contributed by atoms with Gasteiger partial charge in [-0.05, 0) is 72.3 Å². The second kappa shape index (κ2) is 5.19. The lowest BCUT2D eigenvalue weighted by Gasteiger charge is -2.05. The summed E-state index contributed by atoms with van der Waals surface area (Å²) in [5.74, 6) is 0. The molecule has 84 valence electrons. The minimum absolute atomic E-state index is 0.913. The highest BCUT2D eigenvalue weighted by Crippen LogP contribution is 2.21. The van der Waals surface area contributed by atoms with E-state index >= 15 is 0 Å². The number of rotatable bonds is 3. The second-order valence-electron chi connectivity index (χ2n) is 3.80. The number of nitrogens with one attached hydrogen (secondary N) is 1. The molecule has 1 nitrogen and oxygen atoms in total. The molecule has 0 saturated carbocycles. The van der Waals surface area contributed by atoms with Crippen molar-refractivity contribution in [2.45, 2.75) is 20.4 Å². The molecule has 0 radical (unpaired) electrons. The van der Waals surface area contributed by atoms with Gasteiger partial charge in [-0.1, -0.05) is 0 Å². The van der Waals surface area contributed by atoms with Gasteiger partial charge in [0.05, 0.1) is 0 Å². The monoisotopic (exact) mass is 343 g/mol. The van der Waals surface area contributed by atoms with Crippen LogP contribution < -0.4 is 5.32 Å². The molecule has 0 atom stereocenters. The van der Waals surface area contributed by atoms with Crippen molar-refractivity contribution in [2.24, 2.45) is 0 Å². The van der Waals surface area contributed by atoms with Gasteiger partial charge in [0.25, 0.3) is 0 Å². The van der Waals surface area contributed by atoms with E-state index in [4.69, 9.17) is 0 Å². The number of halogens is 1. The summed E-state index contributed by atoms with van der Waals surface area (Å²) in [5, 5.41) is 3.45. The number of aryl methyl sites for hydroxylation is 2. The summed E-state index contributed by atoms with van der Waals surface area (Å²) < 4.78 is 1.27. The van der Waals surface area contributed by atoms with E-state index in [1.165, 1.54) is 24.6 Å². The fourth-order valence-electron chi connectivity index (χ4n) is 1.62. The largest absolute Gasteiger partial charge is 0.381 e. The molecule has 3 heteroatoms. The highest BCUT2D eigenvalue weighted by molar-refractivity contribution is 14.1. The van der Waals surface area contributed by atoms with Gasteiger partial charge >= 0.3 is 0 Å². The van der Waals surface area contributed by atoms with Crippen molar-refractivity contribution in [3.63, 3.8) is 0 Å². The van der Waals surface area contributed by atoms with Crippen molar-refractivity contribution in [2.75, 3.05) is 5.32 Å². The van der Waals surface area contributed by atoms with E-state index in [1.807, 2.05) is 11.3 Å². The predicted molar refractivity (Wildman–Crippen MR) is 80.3 cm³/mol. The zero-order chi connectivity index (χ0) is 11.5. The van der Waals surface area contributed by atoms with E-state index in [9.17, 15) is 0 Å². The van der Waals surface area contributed by atoms with Crippen molar-refractivity contribution < 1.29 is 0 Å². The third-order valence-electron chi connectivity index (χ3n) is 2.47. The molecule has 0 aliphatic carbocycles. The molecule has 0 aliphatic heterocycles. The molecular weight excluding hydrogens is 329 g/mol. The zero-order valence-electron chi connectivity index (χ0n) is 9.38. The van der Waals surface area contributed by atoms with E-state index in [2.05, 4.69) is 72.1 Å². The van der Waals surface area contributed by atoms with E-state index in [0.717, 1.165) is 6.54 Å². The normalized spacial score (nSPS) is 10.4. The van der Waals surface area contributed by atoms with Crippen LogP contribution in [0.15, 0.2) is 30.3 Å². The maximum Gasteiger partial charge on any atom is 0.0411 e. The van der Waals surface area contributed by atoms with Gasteiger partial charge in [0, 0.05) is 25.6 Å². The lowest BCUT2D eigenvalue weighted by molar-refractivity contribution is 1.14. The molecule has 0 spiro atoms. The third kappa shape index (κ3) is 2.98. The molecule has 0 unspecified atom stereocenters. The molecule has 1 aromatic heterocycles. The zero-order valence-corrected chi connectivity index (χ0v) is 12.4. The Balaban J connectivity index is 2.02. The van der Waals surface area contributed by atoms with E-state index < -0.39 is 0 Å². The highest BCUT2D eigenvalue weighted by atomic mass is 127. The van der Waals surface area contributed by atoms with Crippen LogP contribution in [0.1, 0.15) is 15.3 Å². The average Bonchev–Trinajstić information content (AvgIpc) is 2.57. The van der Waals surface area contributed by atoms with Crippen molar-refractivity contribution in [3.8, 4) is 0 Å². The van der Waals surface area contributed by atoms with Crippen molar-refractivity contribution in [3.05, 3.63) is 49.2 Å². The van der Waals surface area contributed by atoms with Crippen LogP contribution in [0.3, 0.4) is 0 Å². The maximum atomic E-state index is 3.45. The standard InChI is InChI=1S/C13H14INS/c1-9-7-11(10(2)16-9)8-15-13-5-3-12(14)4-6-13/h3-7,15H,8H2,1-2H3. The minimum Gasteiger partial charge on any atom is -0.381 e. The van der Waals surface area contributed by atoms with Crippen LogP contribution in [-0.4, -0.2) is 0 Å². The summed E-state index contributed by atoms with van der Waals surface area (Å²) in [6, 6.07) is 10.7. The van der Waals surface area contributed by atoms with Crippen LogP contribution >= 0.6 is 33.9 Å². The number of thiophene rings is 1. The Bertz CT molecular complexity index is 473. The van der Waals surface area contributed by atoms with Gasteiger partial charge in [-0.15, -0.1) is 11.3 Å². The van der Waals surface area contributed by atoms with Crippen molar-refractivity contribution >= 4 is 39.6 Å². The van der Waals surface area contributed by atoms with Crippen molar-refractivity contribution in [1.29, 1.82) is 0 Å². The molecule has 2 aromatic rings. The molecular formula is C13H14INS. The van der Waals surface area contributed by atoms with Gasteiger partial charge in [0.2, 0.25) is 0 Å². The summed E-state index contributed by atoms with van der Waals surface area (Å²) in [7, 11) is 0. The number of hydrogen-bond donors (Lipinski definition) is 1. The highest BCUT2D eigenvalue weighted by Gasteiger charge is 2.02. The van der Waals surface area contributed by atoms with Gasteiger partial charge in [-0.2, -0.15) is 0 Å². The Morgan fingerprint density at radius 2 is 1.88 bits per heavy atom. The number of benzene rings is 1. The number of anilines is 1. The molecule has 0 bridgehead atoms. The molecule has 0 amide bonds. The van der Waals surface area contributed by atoms with Gasteiger partial charge in [0.1, 0.15) is 0 Å². The predicted octanol–water partition coefficient (Wildman–Crippen LogP) is 4.58. The average molecular weight is 343 g/mol. The SMILES string of the molecule is Cc1cc(CNc2ccc(I)cc2)c(C)s1. The lowest BCUT2D eigenvalue weighted by atomic mass is 10.2. The van der Waals surface area contributed by atoms with Crippen molar-refractivity contribution in [1.82, 2.24) is 0 Å². The summed E-state index contributed by atoms with van der Waals surface area (Å²) in [5.41, 5.74) is 2.59. The first-order valence-corrected chi connectivity index (χ1v) is 7.10. The van der Waals surface area contributed by atoms with Crippen LogP contribution in [0.25, 0.3) is 0 Å². The quantitative estimate of drug-likeness (QED) is 0.805. The number of hydrogen-bond acceptors (Lipinski definition) is 2. The molecule has 1 heterocycles. The first kappa shape index (κ1) is 11.9. The Hall–Kier alpha value is -0.550. The molecule has 0 saturated heterocycles. The summed E-state index contributed by atoms with van der Waals surface area (Å²) in [6.07, 6.45) is 0. The van der Waals surface area contributed by atoms with E-state index in [1.54, 1.807) is 0 Å². The molecule has 0 aliphatic rings. The fraction of sp³-hybridized carbons (Fsp3) is 0.231. The van der Waals surface area contributed by atoms with Gasteiger partial charge < -0.3 is 5.32 Å². The maximum absolute atomic E-state index is 3.45. The van der Waals surface area contributed by atoms with Crippen LogP contribution in [0, 0.1) is 17.4 Å².